The number of imidazole rings is 1. The number of fused-ring (bicyclic) bond motifs is 7. The Bertz CT molecular complexity index is 3620. The van der Waals surface area contributed by atoms with Crippen molar-refractivity contribution in [1.82, 2.24) is 14.9 Å². The summed E-state index contributed by atoms with van der Waals surface area (Å²) in [4.78, 5) is 128. The van der Waals surface area contributed by atoms with Gasteiger partial charge in [-0.1, -0.05) is 40.7 Å². The predicted molar refractivity (Wildman–Crippen MR) is 348 cm³/mol. The Morgan fingerprint density at radius 3 is 1.95 bits per heavy atom. The van der Waals surface area contributed by atoms with E-state index in [1.165, 1.54) is 17.8 Å². The first kappa shape index (κ1) is 78.0. The normalized spacial score (nSPS) is 30.7. The molecule has 15 N–H and O–H groups in total. The first-order chi connectivity index (χ1) is 43.6. The molecular weight excluding hydrogens is 1340 g/mol. The topological polar surface area (TPSA) is 465 Å². The van der Waals surface area contributed by atoms with Crippen molar-refractivity contribution >= 4 is 101 Å². The van der Waals surface area contributed by atoms with Gasteiger partial charge in [0.05, 0.1) is 41.3 Å². The van der Waals surface area contributed by atoms with E-state index >= 15 is 0 Å². The number of rotatable bonds is 26. The van der Waals surface area contributed by atoms with E-state index in [9.17, 15) is 57.6 Å². The van der Waals surface area contributed by atoms with Gasteiger partial charge in [0.15, 0.2) is 6.23 Å². The number of benzene rings is 1. The maximum absolute atomic E-state index is 14.4. The van der Waals surface area contributed by atoms with Gasteiger partial charge in [-0.15, -0.1) is 0 Å². The van der Waals surface area contributed by atoms with Gasteiger partial charge in [-0.2, -0.15) is 5.70 Å². The van der Waals surface area contributed by atoms with Crippen LogP contribution in [0.4, 0.5) is 4.39 Å². The van der Waals surface area contributed by atoms with Crippen LogP contribution in [0.25, 0.3) is 16.4 Å². The zero-order valence-corrected chi connectivity index (χ0v) is 58.6. The monoisotopic (exact) mass is 1430 g/mol. The van der Waals surface area contributed by atoms with Crippen molar-refractivity contribution < 1.29 is 88.2 Å². The summed E-state index contributed by atoms with van der Waals surface area (Å²) in [5.74, 6) is -7.40. The molecule has 1 aromatic carbocycles. The summed E-state index contributed by atoms with van der Waals surface area (Å²) in [6, 6.07) is 2.65. The van der Waals surface area contributed by atoms with Crippen LogP contribution in [0.3, 0.4) is 0 Å². The smallest absolute Gasteiger partial charge is 0.756 e. The number of aliphatic imine (C=N–C) groups is 3. The maximum atomic E-state index is 14.4. The molecule has 15 atom stereocenters. The van der Waals surface area contributed by atoms with Gasteiger partial charge in [-0.3, -0.25) is 76.3 Å². The second kappa shape index (κ2) is 30.0. The average molecular weight is 1430 g/mol. The number of phosphoric acid groups is 1. The van der Waals surface area contributed by atoms with E-state index in [0.717, 1.165) is 11.1 Å². The standard InChI is InChI=1S/C62H90N13O14P.CCl2F.Co/c1-29-20-39-40(21-30(29)2)75(28-70-39)57-52(84)53(41(27-76)87-57)89-90(85,86)88-31(3)26-69-49(83)18-19-59(8)37(22-46(66)80)56-62(11)61(10,25-48(68)82)36(14-17-45(65)79)51(74-62)33(5)55-60(9,24-47(67)81)34(12-15-43(63)77)38(71-55)23-42-58(6,7)35(13-16-44(64)78)50(72-42)32(4)54(59)73-56;2-1(3)4;/h20-21,23,28,31,34-37,41,52-53,56-57,76,84H,12-19,22,24-27H2,1-11H3,(H15,63,64,65,66,67,68,69,71,72,73,74,77,78,79,80,81,82,83,85,86);;/q;-1;+2/p-2. The molecule has 1 radical (unpaired) electrons. The second-order valence-corrected chi connectivity index (χ2v) is 29.4. The number of carbonyl (C=O) groups is 7. The molecule has 27 nitrogen and oxygen atoms in total. The third-order valence-electron chi connectivity index (χ3n) is 20.5. The molecule has 0 spiro atoms. The summed E-state index contributed by atoms with van der Waals surface area (Å²) in [5.41, 5.74) is 36.7. The van der Waals surface area contributed by atoms with Crippen molar-refractivity contribution in [2.75, 3.05) is 13.2 Å². The van der Waals surface area contributed by atoms with Gasteiger partial charge >= 0.3 is 16.8 Å². The van der Waals surface area contributed by atoms with Crippen LogP contribution in [0.15, 0.2) is 67.8 Å². The fourth-order valence-corrected chi connectivity index (χ4v) is 16.4. The van der Waals surface area contributed by atoms with Crippen LogP contribution in [0, 0.1) is 64.3 Å². The molecule has 525 valence electrons. The van der Waals surface area contributed by atoms with E-state index in [1.54, 1.807) is 6.92 Å². The van der Waals surface area contributed by atoms with Crippen molar-refractivity contribution in [3.63, 3.8) is 0 Å². The Balaban J connectivity index is 0.00000278. The van der Waals surface area contributed by atoms with Crippen LogP contribution in [0.5, 0.6) is 0 Å². The minimum absolute atomic E-state index is 0. The Kier molecular flexibility index (Phi) is 24.6. The van der Waals surface area contributed by atoms with Gasteiger partial charge in [-0.05, 0) is 119 Å². The molecule has 7 heterocycles. The van der Waals surface area contributed by atoms with Gasteiger partial charge in [0, 0.05) is 113 Å². The number of aryl methyl sites for hydroxylation is 2. The molecule has 2 fully saturated rings. The number of nitrogens with one attached hydrogen (secondary N) is 1. The number of primary amides is 6. The number of halogens is 3. The molecule has 0 aliphatic carbocycles. The van der Waals surface area contributed by atoms with Crippen LogP contribution in [-0.2, 0) is 68.7 Å². The number of phosphoric ester groups is 1. The third kappa shape index (κ3) is 16.1. The molecular formula is C63H88Cl2CoFN13O14P-. The molecule has 15 unspecified atom stereocenters. The Labute approximate surface area is 571 Å². The van der Waals surface area contributed by atoms with Crippen molar-refractivity contribution in [3.8, 4) is 0 Å². The van der Waals surface area contributed by atoms with E-state index in [2.05, 4.69) is 33.5 Å². The molecule has 1 aromatic heterocycles. The van der Waals surface area contributed by atoms with E-state index in [1.807, 2.05) is 80.5 Å². The first-order valence-electron chi connectivity index (χ1n) is 31.1. The van der Waals surface area contributed by atoms with Gasteiger partial charge in [-0.25, -0.2) is 4.98 Å². The summed E-state index contributed by atoms with van der Waals surface area (Å²) < 4.78 is 42.3. The fraction of sp³-hybridized carbons (Fsp3) is 0.619. The number of nitrogens with two attached hydrogens (primary N) is 6. The van der Waals surface area contributed by atoms with Crippen LogP contribution in [0.1, 0.15) is 150 Å². The second-order valence-electron chi connectivity index (χ2n) is 27.2. The number of nitrogens with zero attached hydrogens (tertiary/aromatic N) is 6. The van der Waals surface area contributed by atoms with Gasteiger partial charge < -0.3 is 82.9 Å². The molecule has 2 saturated heterocycles. The number of amides is 7. The Morgan fingerprint density at radius 1 is 0.821 bits per heavy atom. The van der Waals surface area contributed by atoms with Crippen molar-refractivity contribution in [2.45, 2.75) is 189 Å². The number of carbonyl (C=O) groups excluding carboxylic acids is 7. The number of hydrogen-bond donors (Lipinski definition) is 9. The summed E-state index contributed by atoms with van der Waals surface area (Å²) in [7, 11) is -5.32. The third-order valence-corrected chi connectivity index (χ3v) is 21.6. The zero-order chi connectivity index (χ0) is 70.3. The van der Waals surface area contributed by atoms with Gasteiger partial charge in [0.2, 0.25) is 41.4 Å². The quantitative estimate of drug-likeness (QED) is 0.0432. The van der Waals surface area contributed by atoms with Crippen LogP contribution in [0.2, 0.25) is 0 Å². The molecule has 6 aliphatic heterocycles. The average Bonchev–Trinajstić information content (AvgIpc) is 1.53. The van der Waals surface area contributed by atoms with Crippen LogP contribution < -0.4 is 44.6 Å². The summed E-state index contributed by atoms with van der Waals surface area (Å²) in [5, 5.41) is 29.0. The van der Waals surface area contributed by atoms with E-state index < -0.39 is 148 Å². The van der Waals surface area contributed by atoms with E-state index in [0.29, 0.717) is 56.4 Å². The van der Waals surface area contributed by atoms with E-state index in [-0.39, 0.29) is 94.0 Å². The fourth-order valence-electron chi connectivity index (χ4n) is 15.3. The largest absolute Gasteiger partial charge is 2.00 e. The molecule has 8 bridgehead atoms. The number of aromatic nitrogens is 2. The summed E-state index contributed by atoms with van der Waals surface area (Å²) >= 11 is 8.58. The maximum Gasteiger partial charge on any atom is 2.00 e. The number of aliphatic hydroxyl groups excluding tert-OH is 2. The molecule has 6 aliphatic rings. The van der Waals surface area contributed by atoms with Gasteiger partial charge in [0.25, 0.3) is 7.82 Å². The Morgan fingerprint density at radius 2 is 1.39 bits per heavy atom. The minimum atomic E-state index is -5.32. The van der Waals surface area contributed by atoms with Gasteiger partial charge in [0.1, 0.15) is 18.3 Å². The zero-order valence-electron chi connectivity index (χ0n) is 55.1. The molecule has 7 amide bonds. The Hall–Kier alpha value is -5.98. The van der Waals surface area contributed by atoms with Crippen LogP contribution in [-0.4, -0.2) is 127 Å². The molecule has 8 rings (SSSR count). The number of hydrogen-bond acceptors (Lipinski definition) is 18. The number of allylic oxidation sites excluding steroid dienone is 6. The SMILES string of the molecule is CC1=C2N=C(C=C3N=C(C(C)=C4[N-]C(C(CC(N)=O)C4(C)CCC(=O)NCC(C)OP(=O)([O-])OC4C(CO)OC(n5cnc6cc(C)c(C)cc65)C4O)C4(C)N=C1C(CCC(N)=O)C4(C)CC(N)=O)C(CCC(N)=O)C3(C)C)C(CCC(N)=O)C2(C)CC(N)=O.F[C-](Cl)Cl.[Co+2]. The molecule has 0 saturated carbocycles. The minimum Gasteiger partial charge on any atom is -0.756 e. The summed E-state index contributed by atoms with van der Waals surface area (Å²) in [6.07, 6.45) is -4.79. The molecule has 95 heavy (non-hydrogen) atoms. The first-order valence-corrected chi connectivity index (χ1v) is 33.3. The van der Waals surface area contributed by atoms with Crippen molar-refractivity contribution in [1.29, 1.82) is 0 Å². The van der Waals surface area contributed by atoms with Crippen molar-refractivity contribution in [3.05, 3.63) is 74.3 Å². The summed E-state index contributed by atoms with van der Waals surface area (Å²) in [6.45, 7) is 19.0. The van der Waals surface area contributed by atoms with Crippen LogP contribution >= 0.6 is 31.0 Å². The number of ether oxygens (including phenoxy) is 1. The number of aliphatic hydroxyl groups is 2. The molecule has 32 heteroatoms. The van der Waals surface area contributed by atoms with E-state index in [4.69, 9.17) is 68.5 Å². The van der Waals surface area contributed by atoms with Crippen molar-refractivity contribution in [2.24, 2.45) is 94.7 Å². The predicted octanol–water partition coefficient (Wildman–Crippen LogP) is 5.19. The molecule has 2 aromatic rings.